The number of anilines is 1. The molecule has 0 saturated carbocycles. The second-order valence-corrected chi connectivity index (χ2v) is 5.29. The van der Waals surface area contributed by atoms with Gasteiger partial charge in [-0.2, -0.15) is 0 Å². The average Bonchev–Trinajstić information content (AvgIpc) is 3.10. The fourth-order valence-corrected chi connectivity index (χ4v) is 2.34. The molecule has 6 nitrogen and oxygen atoms in total. The summed E-state index contributed by atoms with van der Waals surface area (Å²) in [7, 11) is 1.72. The van der Waals surface area contributed by atoms with Gasteiger partial charge in [0.05, 0.1) is 0 Å². The van der Waals surface area contributed by atoms with Crippen LogP contribution < -0.4 is 16.0 Å². The predicted octanol–water partition coefficient (Wildman–Crippen LogP) is 1.66. The molecule has 1 fully saturated rings. The highest BCUT2D eigenvalue weighted by molar-refractivity contribution is 5.94. The first-order valence-electron chi connectivity index (χ1n) is 7.79. The van der Waals surface area contributed by atoms with Gasteiger partial charge in [-0.05, 0) is 30.5 Å². The van der Waals surface area contributed by atoms with Crippen LogP contribution in [0, 0.1) is 0 Å². The average molecular weight is 316 g/mol. The summed E-state index contributed by atoms with van der Waals surface area (Å²) in [6.07, 6.45) is 3.18. The third-order valence-electron chi connectivity index (χ3n) is 3.51. The van der Waals surface area contributed by atoms with Crippen molar-refractivity contribution in [2.45, 2.75) is 25.5 Å². The van der Waals surface area contributed by atoms with E-state index in [2.05, 4.69) is 27.5 Å². The molecule has 1 unspecified atom stereocenters. The standard InChI is InChI=1S/C17H24N4O2/c1-3-9-19-17(18-2)20-12-13-6-4-7-14(11-13)21-16(22)15-8-5-10-23-15/h3-4,6-7,11,15H,1,5,8-10,12H2,2H3,(H,21,22)(H2,18,19,20). The highest BCUT2D eigenvalue weighted by Gasteiger charge is 2.23. The van der Waals surface area contributed by atoms with Crippen molar-refractivity contribution in [2.75, 3.05) is 25.5 Å². The number of guanidine groups is 1. The molecule has 1 aliphatic rings. The summed E-state index contributed by atoms with van der Waals surface area (Å²) in [4.78, 5) is 16.2. The first-order valence-corrected chi connectivity index (χ1v) is 7.79. The van der Waals surface area contributed by atoms with E-state index in [1.165, 1.54) is 0 Å². The molecule has 1 saturated heterocycles. The number of nitrogens with zero attached hydrogens (tertiary/aromatic N) is 1. The summed E-state index contributed by atoms with van der Waals surface area (Å²) in [5.74, 6) is 0.634. The minimum atomic E-state index is -0.321. The van der Waals surface area contributed by atoms with E-state index in [1.54, 1.807) is 13.1 Å². The van der Waals surface area contributed by atoms with Gasteiger partial charge >= 0.3 is 0 Å². The van der Waals surface area contributed by atoms with Crippen LogP contribution in [0.2, 0.25) is 0 Å². The van der Waals surface area contributed by atoms with Crippen molar-refractivity contribution < 1.29 is 9.53 Å². The Morgan fingerprint density at radius 3 is 3.04 bits per heavy atom. The summed E-state index contributed by atoms with van der Waals surface area (Å²) in [6, 6.07) is 7.74. The van der Waals surface area contributed by atoms with Gasteiger partial charge in [-0.1, -0.05) is 18.2 Å². The van der Waals surface area contributed by atoms with Crippen molar-refractivity contribution in [3.05, 3.63) is 42.5 Å². The van der Waals surface area contributed by atoms with Gasteiger partial charge in [0.1, 0.15) is 6.10 Å². The molecule has 0 spiro atoms. The number of aliphatic imine (C=N–C) groups is 1. The van der Waals surface area contributed by atoms with Gasteiger partial charge in [0.2, 0.25) is 0 Å². The van der Waals surface area contributed by atoms with Crippen LogP contribution in [-0.2, 0) is 16.1 Å². The summed E-state index contributed by atoms with van der Waals surface area (Å²) < 4.78 is 5.39. The highest BCUT2D eigenvalue weighted by Crippen LogP contribution is 2.16. The predicted molar refractivity (Wildman–Crippen MR) is 92.4 cm³/mol. The molecule has 1 aliphatic heterocycles. The van der Waals surface area contributed by atoms with Crippen molar-refractivity contribution in [1.82, 2.24) is 10.6 Å². The molecule has 2 rings (SSSR count). The largest absolute Gasteiger partial charge is 0.368 e. The lowest BCUT2D eigenvalue weighted by Crippen LogP contribution is -2.36. The number of hydrogen-bond donors (Lipinski definition) is 3. The lowest BCUT2D eigenvalue weighted by Gasteiger charge is -2.13. The number of carbonyl (C=O) groups excluding carboxylic acids is 1. The summed E-state index contributed by atoms with van der Waals surface area (Å²) in [6.45, 7) is 5.59. The van der Waals surface area contributed by atoms with E-state index >= 15 is 0 Å². The molecular formula is C17H24N4O2. The molecule has 1 aromatic rings. The minimum Gasteiger partial charge on any atom is -0.368 e. The second-order valence-electron chi connectivity index (χ2n) is 5.29. The number of hydrogen-bond acceptors (Lipinski definition) is 3. The third kappa shape index (κ3) is 5.41. The lowest BCUT2D eigenvalue weighted by atomic mass is 10.2. The summed E-state index contributed by atoms with van der Waals surface area (Å²) >= 11 is 0. The number of carbonyl (C=O) groups is 1. The molecule has 3 N–H and O–H groups in total. The quantitative estimate of drug-likeness (QED) is 0.424. The van der Waals surface area contributed by atoms with Gasteiger partial charge in [-0.3, -0.25) is 9.79 Å². The minimum absolute atomic E-state index is 0.0731. The fraction of sp³-hybridized carbons (Fsp3) is 0.412. The fourth-order valence-electron chi connectivity index (χ4n) is 2.34. The van der Waals surface area contributed by atoms with Crippen LogP contribution in [-0.4, -0.2) is 38.2 Å². The van der Waals surface area contributed by atoms with E-state index in [0.29, 0.717) is 25.7 Å². The van der Waals surface area contributed by atoms with Crippen molar-refractivity contribution >= 4 is 17.6 Å². The van der Waals surface area contributed by atoms with E-state index in [-0.39, 0.29) is 12.0 Å². The zero-order chi connectivity index (χ0) is 16.5. The Kier molecular flexibility index (Phi) is 6.62. The third-order valence-corrected chi connectivity index (χ3v) is 3.51. The van der Waals surface area contributed by atoms with Crippen LogP contribution in [0.1, 0.15) is 18.4 Å². The van der Waals surface area contributed by atoms with Crippen LogP contribution in [0.4, 0.5) is 5.69 Å². The zero-order valence-corrected chi connectivity index (χ0v) is 13.5. The first-order chi connectivity index (χ1) is 11.2. The Bertz CT molecular complexity index is 565. The molecule has 0 aliphatic carbocycles. The zero-order valence-electron chi connectivity index (χ0n) is 13.5. The maximum Gasteiger partial charge on any atom is 0.253 e. The molecule has 124 valence electrons. The van der Waals surface area contributed by atoms with Crippen molar-refractivity contribution in [2.24, 2.45) is 4.99 Å². The smallest absolute Gasteiger partial charge is 0.253 e. The molecule has 1 amide bonds. The Balaban J connectivity index is 1.88. The topological polar surface area (TPSA) is 74.8 Å². The Morgan fingerprint density at radius 1 is 1.48 bits per heavy atom. The molecule has 23 heavy (non-hydrogen) atoms. The van der Waals surface area contributed by atoms with Crippen LogP contribution in [0.3, 0.4) is 0 Å². The van der Waals surface area contributed by atoms with E-state index < -0.39 is 0 Å². The number of amides is 1. The normalized spacial score (nSPS) is 17.6. The van der Waals surface area contributed by atoms with E-state index in [4.69, 9.17) is 4.74 Å². The van der Waals surface area contributed by atoms with Crippen LogP contribution in [0.15, 0.2) is 41.9 Å². The van der Waals surface area contributed by atoms with Crippen molar-refractivity contribution in [3.8, 4) is 0 Å². The SMILES string of the molecule is C=CCNC(=NC)NCc1cccc(NC(=O)C2CCCO2)c1. The number of benzene rings is 1. The molecule has 1 atom stereocenters. The molecule has 6 heteroatoms. The molecule has 0 radical (unpaired) electrons. The van der Waals surface area contributed by atoms with Crippen molar-refractivity contribution in [1.29, 1.82) is 0 Å². The highest BCUT2D eigenvalue weighted by atomic mass is 16.5. The maximum atomic E-state index is 12.1. The number of rotatable bonds is 6. The summed E-state index contributed by atoms with van der Waals surface area (Å²) in [5, 5.41) is 9.23. The maximum absolute atomic E-state index is 12.1. The van der Waals surface area contributed by atoms with Gasteiger partial charge in [-0.15, -0.1) is 6.58 Å². The molecular weight excluding hydrogens is 292 g/mol. The van der Waals surface area contributed by atoms with Gasteiger partial charge in [0.15, 0.2) is 5.96 Å². The van der Waals surface area contributed by atoms with Gasteiger partial charge in [0, 0.05) is 32.4 Å². The second kappa shape index (κ2) is 8.95. The van der Waals surface area contributed by atoms with Gasteiger partial charge in [0.25, 0.3) is 5.91 Å². The van der Waals surface area contributed by atoms with Crippen LogP contribution in [0.25, 0.3) is 0 Å². The number of ether oxygens (including phenoxy) is 1. The molecule has 0 bridgehead atoms. The van der Waals surface area contributed by atoms with E-state index in [1.807, 2.05) is 24.3 Å². The van der Waals surface area contributed by atoms with Crippen LogP contribution in [0.5, 0.6) is 0 Å². The monoisotopic (exact) mass is 316 g/mol. The van der Waals surface area contributed by atoms with Gasteiger partial charge in [-0.25, -0.2) is 0 Å². The first kappa shape index (κ1) is 17.0. The molecule has 0 aromatic heterocycles. The molecule has 1 heterocycles. The van der Waals surface area contributed by atoms with Crippen molar-refractivity contribution in [3.63, 3.8) is 0 Å². The molecule has 1 aromatic carbocycles. The Morgan fingerprint density at radius 2 is 2.35 bits per heavy atom. The lowest BCUT2D eigenvalue weighted by molar-refractivity contribution is -0.124. The van der Waals surface area contributed by atoms with Gasteiger partial charge < -0.3 is 20.7 Å². The Hall–Kier alpha value is -2.34. The van der Waals surface area contributed by atoms with E-state index in [9.17, 15) is 4.79 Å². The number of nitrogens with one attached hydrogen (secondary N) is 3. The van der Waals surface area contributed by atoms with Crippen LogP contribution >= 0.6 is 0 Å². The van der Waals surface area contributed by atoms with E-state index in [0.717, 1.165) is 24.1 Å². The Labute approximate surface area is 137 Å². The summed E-state index contributed by atoms with van der Waals surface area (Å²) in [5.41, 5.74) is 1.83.